The van der Waals surface area contributed by atoms with Gasteiger partial charge in [0.05, 0.1) is 12.2 Å². The second-order valence-corrected chi connectivity index (χ2v) is 4.14. The number of nitrogens with zero attached hydrogens (tertiary/aromatic N) is 1. The molecule has 2 aromatic rings. The lowest BCUT2D eigenvalue weighted by atomic mass is 10.2. The molecule has 0 unspecified atom stereocenters. The third-order valence-corrected chi connectivity index (χ3v) is 2.63. The van der Waals surface area contributed by atoms with Gasteiger partial charge in [-0.3, -0.25) is 4.98 Å². The van der Waals surface area contributed by atoms with Crippen LogP contribution in [0.1, 0.15) is 16.8 Å². The highest BCUT2D eigenvalue weighted by molar-refractivity contribution is 5.50. The molecule has 0 atom stereocenters. The zero-order valence-corrected chi connectivity index (χ0v) is 10.00. The third kappa shape index (κ3) is 3.03. The Hall–Kier alpha value is -1.90. The number of pyridine rings is 1. The Morgan fingerprint density at radius 3 is 2.71 bits per heavy atom. The van der Waals surface area contributed by atoms with Crippen LogP contribution >= 0.6 is 0 Å². The van der Waals surface area contributed by atoms with Gasteiger partial charge in [-0.05, 0) is 43.2 Å². The average molecular weight is 230 g/mol. The summed E-state index contributed by atoms with van der Waals surface area (Å²) in [7, 11) is 0. The SMILES string of the molecule is Cc1ccc(CNc2cc(F)ccc2C)nc1. The van der Waals surface area contributed by atoms with Crippen LogP contribution in [0.25, 0.3) is 0 Å². The van der Waals surface area contributed by atoms with E-state index < -0.39 is 0 Å². The summed E-state index contributed by atoms with van der Waals surface area (Å²) in [6.07, 6.45) is 1.83. The third-order valence-electron chi connectivity index (χ3n) is 2.63. The fourth-order valence-corrected chi connectivity index (χ4v) is 1.57. The number of rotatable bonds is 3. The molecule has 88 valence electrons. The largest absolute Gasteiger partial charge is 0.379 e. The van der Waals surface area contributed by atoms with Gasteiger partial charge in [-0.25, -0.2) is 4.39 Å². The lowest BCUT2D eigenvalue weighted by molar-refractivity contribution is 0.628. The van der Waals surface area contributed by atoms with Crippen LogP contribution in [0.4, 0.5) is 10.1 Å². The highest BCUT2D eigenvalue weighted by Gasteiger charge is 2.00. The Kier molecular flexibility index (Phi) is 3.38. The van der Waals surface area contributed by atoms with E-state index >= 15 is 0 Å². The van der Waals surface area contributed by atoms with Gasteiger partial charge in [0.1, 0.15) is 5.82 Å². The maximum absolute atomic E-state index is 13.1. The van der Waals surface area contributed by atoms with Crippen molar-refractivity contribution in [3.8, 4) is 0 Å². The van der Waals surface area contributed by atoms with Gasteiger partial charge in [0, 0.05) is 11.9 Å². The molecule has 1 heterocycles. The van der Waals surface area contributed by atoms with Gasteiger partial charge in [0.15, 0.2) is 0 Å². The fourth-order valence-electron chi connectivity index (χ4n) is 1.57. The molecule has 0 saturated heterocycles. The summed E-state index contributed by atoms with van der Waals surface area (Å²) in [5.74, 6) is -0.227. The Morgan fingerprint density at radius 1 is 1.18 bits per heavy atom. The summed E-state index contributed by atoms with van der Waals surface area (Å²) >= 11 is 0. The van der Waals surface area contributed by atoms with Crippen molar-refractivity contribution in [1.29, 1.82) is 0 Å². The lowest BCUT2D eigenvalue weighted by Gasteiger charge is -2.09. The van der Waals surface area contributed by atoms with Crippen LogP contribution in [0.15, 0.2) is 36.5 Å². The summed E-state index contributed by atoms with van der Waals surface area (Å²) < 4.78 is 13.1. The minimum atomic E-state index is -0.227. The maximum atomic E-state index is 13.1. The van der Waals surface area contributed by atoms with E-state index in [-0.39, 0.29) is 5.82 Å². The number of nitrogens with one attached hydrogen (secondary N) is 1. The van der Waals surface area contributed by atoms with Crippen molar-refractivity contribution in [3.63, 3.8) is 0 Å². The van der Waals surface area contributed by atoms with Gasteiger partial charge < -0.3 is 5.32 Å². The quantitative estimate of drug-likeness (QED) is 0.873. The topological polar surface area (TPSA) is 24.9 Å². The van der Waals surface area contributed by atoms with Crippen LogP contribution in [0, 0.1) is 19.7 Å². The molecule has 1 N–H and O–H groups in total. The summed E-state index contributed by atoms with van der Waals surface area (Å²) in [6.45, 7) is 4.55. The molecular formula is C14H15FN2. The van der Waals surface area contributed by atoms with Crippen molar-refractivity contribution < 1.29 is 4.39 Å². The van der Waals surface area contributed by atoms with Crippen molar-refractivity contribution in [2.45, 2.75) is 20.4 Å². The molecule has 1 aromatic heterocycles. The van der Waals surface area contributed by atoms with E-state index in [1.807, 2.05) is 32.2 Å². The molecule has 0 amide bonds. The standard InChI is InChI=1S/C14H15FN2/c1-10-3-6-13(16-8-10)9-17-14-7-12(15)5-4-11(14)2/h3-8,17H,9H2,1-2H3. The Labute approximate surface area is 101 Å². The highest BCUT2D eigenvalue weighted by Crippen LogP contribution is 2.16. The van der Waals surface area contributed by atoms with E-state index in [2.05, 4.69) is 10.3 Å². The molecule has 0 bridgehead atoms. The molecule has 0 spiro atoms. The molecular weight excluding hydrogens is 215 g/mol. The Morgan fingerprint density at radius 2 is 2.00 bits per heavy atom. The smallest absolute Gasteiger partial charge is 0.125 e. The Balaban J connectivity index is 2.07. The van der Waals surface area contributed by atoms with Crippen molar-refractivity contribution in [3.05, 3.63) is 59.2 Å². The van der Waals surface area contributed by atoms with Gasteiger partial charge in [-0.2, -0.15) is 0 Å². The molecule has 2 nitrogen and oxygen atoms in total. The molecule has 2 rings (SSSR count). The molecule has 0 aliphatic carbocycles. The van der Waals surface area contributed by atoms with Crippen LogP contribution < -0.4 is 5.32 Å². The van der Waals surface area contributed by atoms with Gasteiger partial charge in [0.2, 0.25) is 0 Å². The van der Waals surface area contributed by atoms with Crippen LogP contribution in [-0.4, -0.2) is 4.98 Å². The number of anilines is 1. The minimum Gasteiger partial charge on any atom is -0.379 e. The van der Waals surface area contributed by atoms with E-state index in [1.54, 1.807) is 6.07 Å². The predicted molar refractivity (Wildman–Crippen MR) is 67.4 cm³/mol. The zero-order valence-electron chi connectivity index (χ0n) is 10.00. The van der Waals surface area contributed by atoms with Gasteiger partial charge >= 0.3 is 0 Å². The van der Waals surface area contributed by atoms with Gasteiger partial charge in [0.25, 0.3) is 0 Å². The van der Waals surface area contributed by atoms with Crippen molar-refractivity contribution in [2.75, 3.05) is 5.32 Å². The first kappa shape index (κ1) is 11.6. The number of benzene rings is 1. The number of halogens is 1. The molecule has 0 saturated carbocycles. The van der Waals surface area contributed by atoms with Crippen LogP contribution in [0.3, 0.4) is 0 Å². The zero-order chi connectivity index (χ0) is 12.3. The van der Waals surface area contributed by atoms with E-state index in [9.17, 15) is 4.39 Å². The number of hydrogen-bond acceptors (Lipinski definition) is 2. The summed E-state index contributed by atoms with van der Waals surface area (Å²) in [4.78, 5) is 4.29. The lowest BCUT2D eigenvalue weighted by Crippen LogP contribution is -2.03. The maximum Gasteiger partial charge on any atom is 0.125 e. The first-order chi connectivity index (χ1) is 8.15. The van der Waals surface area contributed by atoms with Crippen LogP contribution in [0.2, 0.25) is 0 Å². The summed E-state index contributed by atoms with van der Waals surface area (Å²) in [5, 5.41) is 3.19. The molecule has 0 aliphatic rings. The first-order valence-corrected chi connectivity index (χ1v) is 5.57. The predicted octanol–water partition coefficient (Wildman–Crippen LogP) is 3.45. The van der Waals surface area contributed by atoms with Crippen LogP contribution in [-0.2, 0) is 6.54 Å². The Bertz CT molecular complexity index is 506. The second-order valence-electron chi connectivity index (χ2n) is 4.14. The van der Waals surface area contributed by atoms with E-state index in [4.69, 9.17) is 0 Å². The minimum absolute atomic E-state index is 0.227. The fraction of sp³-hybridized carbons (Fsp3) is 0.214. The van der Waals surface area contributed by atoms with Crippen LogP contribution in [0.5, 0.6) is 0 Å². The normalized spacial score (nSPS) is 10.3. The second kappa shape index (κ2) is 4.95. The number of aryl methyl sites for hydroxylation is 2. The first-order valence-electron chi connectivity index (χ1n) is 5.57. The molecule has 17 heavy (non-hydrogen) atoms. The van der Waals surface area contributed by atoms with Crippen molar-refractivity contribution in [2.24, 2.45) is 0 Å². The molecule has 0 fully saturated rings. The summed E-state index contributed by atoms with van der Waals surface area (Å²) in [5.41, 5.74) is 3.92. The van der Waals surface area contributed by atoms with E-state index in [0.29, 0.717) is 6.54 Å². The molecule has 0 radical (unpaired) electrons. The molecule has 3 heteroatoms. The monoisotopic (exact) mass is 230 g/mol. The van der Waals surface area contributed by atoms with Gasteiger partial charge in [-0.1, -0.05) is 12.1 Å². The highest BCUT2D eigenvalue weighted by atomic mass is 19.1. The van der Waals surface area contributed by atoms with Crippen molar-refractivity contribution >= 4 is 5.69 Å². The molecule has 0 aliphatic heterocycles. The summed E-state index contributed by atoms with van der Waals surface area (Å²) in [6, 6.07) is 8.72. The number of hydrogen-bond donors (Lipinski definition) is 1. The van der Waals surface area contributed by atoms with Crippen molar-refractivity contribution in [1.82, 2.24) is 4.98 Å². The number of aromatic nitrogens is 1. The van der Waals surface area contributed by atoms with E-state index in [0.717, 1.165) is 22.5 Å². The average Bonchev–Trinajstić information content (AvgIpc) is 2.32. The van der Waals surface area contributed by atoms with E-state index in [1.165, 1.54) is 12.1 Å². The molecule has 1 aromatic carbocycles. The van der Waals surface area contributed by atoms with Gasteiger partial charge in [-0.15, -0.1) is 0 Å².